The van der Waals surface area contributed by atoms with Crippen LogP contribution in [0.2, 0.25) is 0 Å². The number of anilines is 2. The lowest BCUT2D eigenvalue weighted by molar-refractivity contribution is -0.114. The van der Waals surface area contributed by atoms with Gasteiger partial charge in [0, 0.05) is 50.9 Å². The van der Waals surface area contributed by atoms with Crippen LogP contribution in [-0.2, 0) is 24.3 Å². The quantitative estimate of drug-likeness (QED) is 0.831. The van der Waals surface area contributed by atoms with E-state index >= 15 is 0 Å². The molecule has 0 aliphatic carbocycles. The molecule has 29 heavy (non-hydrogen) atoms. The first-order valence-electron chi connectivity index (χ1n) is 10.4. The fraction of sp³-hybridized carbons (Fsp3) is 0.500. The third-order valence-electron chi connectivity index (χ3n) is 5.90. The minimum Gasteiger partial charge on any atom is -0.342 e. The highest BCUT2D eigenvalue weighted by Gasteiger charge is 2.24. The van der Waals surface area contributed by atoms with Gasteiger partial charge in [-0.2, -0.15) is 0 Å². The number of carbonyl (C=O) groups excluding carboxylic acids is 1. The van der Waals surface area contributed by atoms with Crippen molar-refractivity contribution in [3.8, 4) is 0 Å². The highest BCUT2D eigenvalue weighted by Crippen LogP contribution is 2.22. The van der Waals surface area contributed by atoms with E-state index in [1.807, 2.05) is 24.3 Å². The number of hydrogen-bond acceptors (Lipinski definition) is 5. The molecule has 4 rings (SSSR count). The van der Waals surface area contributed by atoms with Gasteiger partial charge in [0.05, 0.1) is 5.69 Å². The molecule has 2 aromatic rings. The summed E-state index contributed by atoms with van der Waals surface area (Å²) in [5.41, 5.74) is 3.74. The molecular formula is C22H29N5O2. The number of fused-ring (bicyclic) bond motifs is 1. The molecule has 0 saturated carbocycles. The summed E-state index contributed by atoms with van der Waals surface area (Å²) < 4.78 is 0. The van der Waals surface area contributed by atoms with E-state index in [9.17, 15) is 9.59 Å². The Balaban J connectivity index is 1.46. The van der Waals surface area contributed by atoms with Crippen molar-refractivity contribution in [2.24, 2.45) is 5.92 Å². The van der Waals surface area contributed by atoms with Crippen LogP contribution in [0.4, 0.5) is 11.6 Å². The highest BCUT2D eigenvalue weighted by molar-refractivity contribution is 5.88. The van der Waals surface area contributed by atoms with Gasteiger partial charge in [-0.15, -0.1) is 0 Å². The van der Waals surface area contributed by atoms with Crippen LogP contribution < -0.4 is 15.8 Å². The Morgan fingerprint density at radius 3 is 2.62 bits per heavy atom. The number of rotatable bonds is 4. The molecule has 2 aliphatic heterocycles. The molecule has 0 bridgehead atoms. The van der Waals surface area contributed by atoms with Crippen LogP contribution >= 0.6 is 0 Å². The van der Waals surface area contributed by atoms with Crippen molar-refractivity contribution >= 4 is 17.5 Å². The fourth-order valence-corrected chi connectivity index (χ4v) is 4.14. The zero-order chi connectivity index (χ0) is 20.4. The van der Waals surface area contributed by atoms with E-state index in [2.05, 4.69) is 27.0 Å². The van der Waals surface area contributed by atoms with Crippen molar-refractivity contribution in [1.29, 1.82) is 0 Å². The van der Waals surface area contributed by atoms with Gasteiger partial charge in [-0.05, 0) is 42.9 Å². The molecule has 0 radical (unpaired) electrons. The number of hydrogen-bond donors (Lipinski definition) is 2. The minimum absolute atomic E-state index is 0.0166. The molecule has 0 spiro atoms. The molecule has 7 heteroatoms. The van der Waals surface area contributed by atoms with E-state index in [1.165, 1.54) is 12.5 Å². The topological polar surface area (TPSA) is 81.3 Å². The van der Waals surface area contributed by atoms with Crippen molar-refractivity contribution < 1.29 is 4.79 Å². The summed E-state index contributed by atoms with van der Waals surface area (Å²) in [4.78, 5) is 36.2. The molecule has 1 fully saturated rings. The Labute approximate surface area is 171 Å². The maximum Gasteiger partial charge on any atom is 0.255 e. The monoisotopic (exact) mass is 395 g/mol. The second-order valence-electron chi connectivity index (χ2n) is 8.32. The molecule has 7 nitrogen and oxygen atoms in total. The summed E-state index contributed by atoms with van der Waals surface area (Å²) in [6.45, 7) is 8.01. The molecule has 154 valence electrons. The minimum atomic E-state index is -0.0688. The van der Waals surface area contributed by atoms with Crippen molar-refractivity contribution in [3.63, 3.8) is 0 Å². The molecule has 0 unspecified atom stereocenters. The summed E-state index contributed by atoms with van der Waals surface area (Å²) >= 11 is 0. The Morgan fingerprint density at radius 1 is 1.21 bits per heavy atom. The van der Waals surface area contributed by atoms with Gasteiger partial charge in [-0.3, -0.25) is 19.5 Å². The normalized spacial score (nSPS) is 17.8. The number of nitrogens with zero attached hydrogens (tertiary/aromatic N) is 3. The largest absolute Gasteiger partial charge is 0.342 e. The fourth-order valence-electron chi connectivity index (χ4n) is 4.14. The van der Waals surface area contributed by atoms with E-state index in [-0.39, 0.29) is 11.5 Å². The van der Waals surface area contributed by atoms with Gasteiger partial charge in [-0.1, -0.05) is 19.1 Å². The first-order valence-corrected chi connectivity index (χ1v) is 10.4. The smallest absolute Gasteiger partial charge is 0.255 e. The predicted octanol–water partition coefficient (Wildman–Crippen LogP) is 2.52. The number of aromatic amines is 1. The molecule has 1 aromatic heterocycles. The number of piperidine rings is 1. The molecule has 2 N–H and O–H groups in total. The molecule has 3 heterocycles. The van der Waals surface area contributed by atoms with Crippen LogP contribution in [0, 0.1) is 5.92 Å². The summed E-state index contributed by atoms with van der Waals surface area (Å²) in [5, 5.41) is 2.79. The van der Waals surface area contributed by atoms with Crippen LogP contribution in [-0.4, -0.2) is 40.4 Å². The van der Waals surface area contributed by atoms with E-state index < -0.39 is 0 Å². The van der Waals surface area contributed by atoms with E-state index in [1.54, 1.807) is 0 Å². The average Bonchev–Trinajstić information content (AvgIpc) is 2.69. The maximum absolute atomic E-state index is 12.6. The van der Waals surface area contributed by atoms with Crippen molar-refractivity contribution in [2.75, 3.05) is 29.9 Å². The van der Waals surface area contributed by atoms with E-state index in [0.29, 0.717) is 6.54 Å². The molecule has 1 aromatic carbocycles. The van der Waals surface area contributed by atoms with Gasteiger partial charge in [0.1, 0.15) is 0 Å². The molecular weight excluding hydrogens is 366 g/mol. The molecule has 1 amide bonds. The number of H-pyrrole nitrogens is 1. The van der Waals surface area contributed by atoms with Crippen molar-refractivity contribution in [2.45, 2.75) is 46.2 Å². The lowest BCUT2D eigenvalue weighted by Crippen LogP contribution is -2.39. The predicted molar refractivity (Wildman–Crippen MR) is 114 cm³/mol. The zero-order valence-electron chi connectivity index (χ0n) is 17.2. The van der Waals surface area contributed by atoms with Crippen LogP contribution in [0.15, 0.2) is 29.1 Å². The Hall–Kier alpha value is -2.67. The Morgan fingerprint density at radius 2 is 1.93 bits per heavy atom. The third-order valence-corrected chi connectivity index (χ3v) is 5.90. The van der Waals surface area contributed by atoms with Crippen LogP contribution in [0.25, 0.3) is 0 Å². The highest BCUT2D eigenvalue weighted by atomic mass is 16.1. The van der Waals surface area contributed by atoms with Gasteiger partial charge < -0.3 is 10.2 Å². The Bertz CT molecular complexity index is 929. The number of aromatic nitrogens is 2. The number of benzene rings is 1. The molecule has 0 atom stereocenters. The second-order valence-corrected chi connectivity index (χ2v) is 8.32. The van der Waals surface area contributed by atoms with Crippen molar-refractivity contribution in [1.82, 2.24) is 14.9 Å². The van der Waals surface area contributed by atoms with Gasteiger partial charge >= 0.3 is 0 Å². The summed E-state index contributed by atoms with van der Waals surface area (Å²) in [6, 6.07) is 7.92. The standard InChI is InChI=1S/C22H29N5O2/c1-15-7-11-27(12-8-15)22-24-20-14-26(10-9-19(20)21(29)25-22)13-17-3-5-18(6-4-17)23-16(2)28/h3-6,15H,7-14H2,1-2H3,(H,23,28)(H,24,25,29). The average molecular weight is 396 g/mol. The van der Waals surface area contributed by atoms with E-state index in [0.717, 1.165) is 74.3 Å². The summed E-state index contributed by atoms with van der Waals surface area (Å²) in [5.74, 6) is 1.39. The number of amides is 1. The van der Waals surface area contributed by atoms with Crippen LogP contribution in [0.3, 0.4) is 0 Å². The first-order chi connectivity index (χ1) is 14.0. The molecule has 1 saturated heterocycles. The van der Waals surface area contributed by atoms with Gasteiger partial charge in [0.25, 0.3) is 5.56 Å². The summed E-state index contributed by atoms with van der Waals surface area (Å²) in [6.07, 6.45) is 3.00. The lowest BCUT2D eigenvalue weighted by Gasteiger charge is -2.32. The molecule has 2 aliphatic rings. The first kappa shape index (κ1) is 19.6. The summed E-state index contributed by atoms with van der Waals surface area (Å²) in [7, 11) is 0. The number of carbonyl (C=O) groups is 1. The maximum atomic E-state index is 12.6. The SMILES string of the molecule is CC(=O)Nc1ccc(CN2CCc3c(nc(N4CCC(C)CC4)[nH]c3=O)C2)cc1. The Kier molecular flexibility index (Phi) is 5.67. The van der Waals surface area contributed by atoms with Gasteiger partial charge in [0.15, 0.2) is 0 Å². The van der Waals surface area contributed by atoms with E-state index in [4.69, 9.17) is 4.98 Å². The van der Waals surface area contributed by atoms with Crippen LogP contribution in [0.1, 0.15) is 43.5 Å². The van der Waals surface area contributed by atoms with Gasteiger partial charge in [-0.25, -0.2) is 4.98 Å². The van der Waals surface area contributed by atoms with Crippen molar-refractivity contribution in [3.05, 3.63) is 51.4 Å². The third kappa shape index (κ3) is 4.67. The van der Waals surface area contributed by atoms with Crippen LogP contribution in [0.5, 0.6) is 0 Å². The number of nitrogens with one attached hydrogen (secondary N) is 2. The second kappa shape index (κ2) is 8.37. The zero-order valence-corrected chi connectivity index (χ0v) is 17.2. The lowest BCUT2D eigenvalue weighted by atomic mass is 9.99. The van der Waals surface area contributed by atoms with Gasteiger partial charge in [0.2, 0.25) is 11.9 Å².